The van der Waals surface area contributed by atoms with E-state index in [4.69, 9.17) is 10.0 Å². The van der Waals surface area contributed by atoms with Gasteiger partial charge in [-0.15, -0.1) is 0 Å². The summed E-state index contributed by atoms with van der Waals surface area (Å²) in [5.74, 6) is -0.557. The highest BCUT2D eigenvalue weighted by Gasteiger charge is 2.17. The number of unbranched alkanes of at least 4 members (excludes halogenated alkanes) is 4. The molecule has 5 heteroatoms. The highest BCUT2D eigenvalue weighted by atomic mass is 19.1. The van der Waals surface area contributed by atoms with Gasteiger partial charge in [0.2, 0.25) is 0 Å². The monoisotopic (exact) mass is 295 g/mol. The molecule has 0 amide bonds. The maximum absolute atomic E-state index is 13.9. The molecule has 1 aromatic carbocycles. The van der Waals surface area contributed by atoms with Gasteiger partial charge in [0.05, 0.1) is 0 Å². The Kier molecular flexibility index (Phi) is 8.39. The van der Waals surface area contributed by atoms with Crippen molar-refractivity contribution in [3.63, 3.8) is 0 Å². The maximum Gasteiger partial charge on any atom is 0.491 e. The van der Waals surface area contributed by atoms with Crippen molar-refractivity contribution >= 4 is 18.3 Å². The van der Waals surface area contributed by atoms with Crippen LogP contribution < -0.4 is 10.4 Å². The van der Waals surface area contributed by atoms with E-state index in [2.05, 4.69) is 18.7 Å². The molecule has 0 unspecified atom stereocenters. The van der Waals surface area contributed by atoms with Crippen LogP contribution in [0.4, 0.5) is 10.1 Å². The minimum Gasteiger partial charge on any atom is -0.423 e. The molecule has 0 aliphatic heterocycles. The zero-order chi connectivity index (χ0) is 15.7. The molecule has 0 bridgehead atoms. The number of hydrogen-bond donors (Lipinski definition) is 2. The van der Waals surface area contributed by atoms with Crippen molar-refractivity contribution in [3.8, 4) is 0 Å². The van der Waals surface area contributed by atoms with E-state index in [0.29, 0.717) is 0 Å². The van der Waals surface area contributed by atoms with E-state index >= 15 is 0 Å². The molecule has 21 heavy (non-hydrogen) atoms. The lowest BCUT2D eigenvalue weighted by atomic mass is 9.80. The highest BCUT2D eigenvalue weighted by Crippen LogP contribution is 2.17. The van der Waals surface area contributed by atoms with E-state index in [-0.39, 0.29) is 5.46 Å². The first-order valence-corrected chi connectivity index (χ1v) is 8.00. The topological polar surface area (TPSA) is 43.7 Å². The molecule has 0 heterocycles. The first-order chi connectivity index (χ1) is 10.1. The highest BCUT2D eigenvalue weighted by molar-refractivity contribution is 6.58. The molecule has 0 aromatic heterocycles. The Morgan fingerprint density at radius 2 is 1.57 bits per heavy atom. The molecule has 0 spiro atoms. The lowest BCUT2D eigenvalue weighted by Gasteiger charge is -2.25. The molecular weight excluding hydrogens is 268 g/mol. The fraction of sp³-hybridized carbons (Fsp3) is 0.625. The van der Waals surface area contributed by atoms with Crippen LogP contribution in [-0.2, 0) is 0 Å². The zero-order valence-electron chi connectivity index (χ0n) is 13.2. The Hall–Kier alpha value is -1.07. The molecular formula is C16H27BFNO2. The Labute approximate surface area is 127 Å². The second kappa shape index (κ2) is 9.80. The fourth-order valence-corrected chi connectivity index (χ4v) is 2.40. The summed E-state index contributed by atoms with van der Waals surface area (Å²) in [6.45, 7) is 6.16. The Morgan fingerprint density at radius 1 is 1.00 bits per heavy atom. The van der Waals surface area contributed by atoms with Crippen molar-refractivity contribution in [2.75, 3.05) is 18.0 Å². The Morgan fingerprint density at radius 3 is 2.00 bits per heavy atom. The summed E-state index contributed by atoms with van der Waals surface area (Å²) >= 11 is 0. The van der Waals surface area contributed by atoms with Crippen LogP contribution in [0.1, 0.15) is 52.4 Å². The van der Waals surface area contributed by atoms with Crippen molar-refractivity contribution in [3.05, 3.63) is 24.0 Å². The summed E-state index contributed by atoms with van der Waals surface area (Å²) in [6, 6.07) is 4.64. The van der Waals surface area contributed by atoms with Gasteiger partial charge in [-0.25, -0.2) is 4.39 Å². The molecule has 0 radical (unpaired) electrons. The fourth-order valence-electron chi connectivity index (χ4n) is 2.40. The smallest absolute Gasteiger partial charge is 0.423 e. The lowest BCUT2D eigenvalue weighted by molar-refractivity contribution is 0.423. The van der Waals surface area contributed by atoms with E-state index in [1.54, 1.807) is 6.07 Å². The summed E-state index contributed by atoms with van der Waals surface area (Å²) < 4.78 is 13.9. The van der Waals surface area contributed by atoms with Crippen LogP contribution in [0.2, 0.25) is 0 Å². The molecule has 3 nitrogen and oxygen atoms in total. The molecule has 0 aliphatic carbocycles. The van der Waals surface area contributed by atoms with Gasteiger partial charge >= 0.3 is 7.12 Å². The molecule has 0 atom stereocenters. The summed E-state index contributed by atoms with van der Waals surface area (Å²) in [5.41, 5.74) is 0.755. The molecule has 0 fully saturated rings. The van der Waals surface area contributed by atoms with E-state index in [9.17, 15) is 4.39 Å². The van der Waals surface area contributed by atoms with Crippen LogP contribution in [0.3, 0.4) is 0 Å². The van der Waals surface area contributed by atoms with E-state index in [1.807, 2.05) is 0 Å². The van der Waals surface area contributed by atoms with Crippen LogP contribution in [0.25, 0.3) is 0 Å². The standard InChI is InChI=1S/C16H27BFNO2/c1-3-5-7-11-19(12-8-6-4-2)14-9-10-15(17(20)21)16(18)13-14/h9-10,13,20-21H,3-8,11-12H2,1-2H3. The average molecular weight is 295 g/mol. The molecule has 0 saturated heterocycles. The Balaban J connectivity index is 2.77. The first kappa shape index (κ1) is 18.0. The van der Waals surface area contributed by atoms with Crippen molar-refractivity contribution in [2.45, 2.75) is 52.4 Å². The third-order valence-electron chi connectivity index (χ3n) is 3.69. The summed E-state index contributed by atoms with van der Waals surface area (Å²) in [5, 5.41) is 18.2. The number of anilines is 1. The van der Waals surface area contributed by atoms with Gasteiger partial charge in [-0.1, -0.05) is 45.6 Å². The van der Waals surface area contributed by atoms with Crippen molar-refractivity contribution < 1.29 is 14.4 Å². The van der Waals surface area contributed by atoms with Gasteiger partial charge in [0.25, 0.3) is 0 Å². The third-order valence-corrected chi connectivity index (χ3v) is 3.69. The van der Waals surface area contributed by atoms with Crippen molar-refractivity contribution in [1.82, 2.24) is 0 Å². The van der Waals surface area contributed by atoms with Crippen molar-refractivity contribution in [1.29, 1.82) is 0 Å². The quantitative estimate of drug-likeness (QED) is 0.515. The first-order valence-electron chi connectivity index (χ1n) is 8.00. The largest absolute Gasteiger partial charge is 0.491 e. The van der Waals surface area contributed by atoms with Gasteiger partial charge in [0, 0.05) is 24.2 Å². The molecule has 1 rings (SSSR count). The second-order valence-corrected chi connectivity index (χ2v) is 5.48. The number of benzene rings is 1. The normalized spacial score (nSPS) is 10.7. The van der Waals surface area contributed by atoms with Gasteiger partial charge < -0.3 is 14.9 Å². The van der Waals surface area contributed by atoms with Gasteiger partial charge in [-0.2, -0.15) is 0 Å². The SMILES string of the molecule is CCCCCN(CCCCC)c1ccc(B(O)O)c(F)c1. The predicted molar refractivity (Wildman–Crippen MR) is 87.5 cm³/mol. The summed E-state index contributed by atoms with van der Waals surface area (Å²) in [6.07, 6.45) is 6.84. The Bertz CT molecular complexity index is 405. The minimum atomic E-state index is -1.76. The van der Waals surface area contributed by atoms with Gasteiger partial charge in [0.1, 0.15) is 5.82 Å². The molecule has 1 aromatic rings. The zero-order valence-corrected chi connectivity index (χ0v) is 13.2. The van der Waals surface area contributed by atoms with Crippen LogP contribution >= 0.6 is 0 Å². The number of nitrogens with zero attached hydrogens (tertiary/aromatic N) is 1. The molecule has 118 valence electrons. The molecule has 0 saturated carbocycles. The average Bonchev–Trinajstić information content (AvgIpc) is 2.45. The van der Waals surface area contributed by atoms with E-state index < -0.39 is 12.9 Å². The second-order valence-electron chi connectivity index (χ2n) is 5.48. The van der Waals surface area contributed by atoms with Gasteiger partial charge in [-0.3, -0.25) is 0 Å². The van der Waals surface area contributed by atoms with Crippen LogP contribution in [0.15, 0.2) is 18.2 Å². The molecule has 2 N–H and O–H groups in total. The van der Waals surface area contributed by atoms with Crippen LogP contribution in [-0.4, -0.2) is 30.3 Å². The maximum atomic E-state index is 13.9. The number of halogens is 1. The summed E-state index contributed by atoms with van der Waals surface area (Å²) in [4.78, 5) is 2.20. The summed E-state index contributed by atoms with van der Waals surface area (Å²) in [7, 11) is -1.76. The van der Waals surface area contributed by atoms with E-state index in [0.717, 1.165) is 44.5 Å². The lowest BCUT2D eigenvalue weighted by Crippen LogP contribution is -2.33. The minimum absolute atomic E-state index is 0.0687. The molecule has 0 aliphatic rings. The van der Waals surface area contributed by atoms with Gasteiger partial charge in [-0.05, 0) is 25.0 Å². The number of rotatable bonds is 10. The third kappa shape index (κ3) is 6.06. The van der Waals surface area contributed by atoms with Crippen LogP contribution in [0.5, 0.6) is 0 Å². The van der Waals surface area contributed by atoms with E-state index in [1.165, 1.54) is 25.0 Å². The van der Waals surface area contributed by atoms with Gasteiger partial charge in [0.15, 0.2) is 0 Å². The van der Waals surface area contributed by atoms with Crippen molar-refractivity contribution in [2.24, 2.45) is 0 Å². The van der Waals surface area contributed by atoms with Crippen LogP contribution in [0, 0.1) is 5.82 Å². The number of hydrogen-bond acceptors (Lipinski definition) is 3. The predicted octanol–water partition coefficient (Wildman–Crippen LogP) is 2.69.